The van der Waals surface area contributed by atoms with Gasteiger partial charge in [0.1, 0.15) is 6.04 Å². The van der Waals surface area contributed by atoms with Gasteiger partial charge < -0.3 is 10.6 Å². The maximum atomic E-state index is 12.3. The molecule has 0 bridgehead atoms. The zero-order valence-corrected chi connectivity index (χ0v) is 14.2. The number of fused-ring (bicyclic) bond motifs is 1. The van der Waals surface area contributed by atoms with Crippen LogP contribution in [0.15, 0.2) is 42.5 Å². The highest BCUT2D eigenvalue weighted by molar-refractivity contribution is 7.22. The number of aromatic nitrogens is 1. The molecule has 1 heterocycles. The van der Waals surface area contributed by atoms with Gasteiger partial charge in [-0.25, -0.2) is 4.98 Å². The van der Waals surface area contributed by atoms with E-state index in [0.717, 1.165) is 26.6 Å². The smallest absolute Gasteiger partial charge is 0.246 e. The van der Waals surface area contributed by atoms with E-state index < -0.39 is 0 Å². The number of benzene rings is 2. The first-order valence-electron chi connectivity index (χ1n) is 7.53. The van der Waals surface area contributed by atoms with Crippen molar-refractivity contribution in [3.05, 3.63) is 53.6 Å². The minimum atomic E-state index is -0.364. The number of hydrogen-bond acceptors (Lipinski definition) is 4. The maximum Gasteiger partial charge on any atom is 0.246 e. The molecular weight excluding hydrogens is 306 g/mol. The molecule has 23 heavy (non-hydrogen) atoms. The number of nitrogens with one attached hydrogen (secondary N) is 2. The molecule has 1 amide bonds. The van der Waals surface area contributed by atoms with Crippen molar-refractivity contribution in [2.24, 2.45) is 0 Å². The minimum absolute atomic E-state index is 0.0764. The highest BCUT2D eigenvalue weighted by Crippen LogP contribution is 2.26. The third-order valence-electron chi connectivity index (χ3n) is 3.80. The average Bonchev–Trinajstić information content (AvgIpc) is 2.93. The highest BCUT2D eigenvalue weighted by Gasteiger charge is 2.15. The van der Waals surface area contributed by atoms with E-state index in [-0.39, 0.29) is 11.9 Å². The molecule has 1 aromatic heterocycles. The van der Waals surface area contributed by atoms with Crippen LogP contribution in [0.3, 0.4) is 0 Å². The lowest BCUT2D eigenvalue weighted by molar-refractivity contribution is -0.116. The van der Waals surface area contributed by atoms with Crippen LogP contribution in [-0.2, 0) is 4.79 Å². The molecule has 2 aromatic carbocycles. The van der Waals surface area contributed by atoms with Gasteiger partial charge in [-0.15, -0.1) is 0 Å². The molecule has 0 fully saturated rings. The van der Waals surface area contributed by atoms with Crippen molar-refractivity contribution in [3.63, 3.8) is 0 Å². The molecule has 5 heteroatoms. The summed E-state index contributed by atoms with van der Waals surface area (Å²) in [6.07, 6.45) is 0. The van der Waals surface area contributed by atoms with Crippen molar-refractivity contribution in [2.75, 3.05) is 10.6 Å². The Hall–Kier alpha value is -2.40. The van der Waals surface area contributed by atoms with E-state index in [0.29, 0.717) is 0 Å². The van der Waals surface area contributed by atoms with Crippen LogP contribution in [0.5, 0.6) is 0 Å². The molecule has 0 spiro atoms. The van der Waals surface area contributed by atoms with Gasteiger partial charge in [0.2, 0.25) is 5.91 Å². The Morgan fingerprint density at radius 3 is 2.65 bits per heavy atom. The number of anilines is 2. The van der Waals surface area contributed by atoms with Crippen molar-refractivity contribution < 1.29 is 4.79 Å². The van der Waals surface area contributed by atoms with E-state index in [4.69, 9.17) is 0 Å². The van der Waals surface area contributed by atoms with Gasteiger partial charge in [-0.3, -0.25) is 4.79 Å². The summed E-state index contributed by atoms with van der Waals surface area (Å²) in [4.78, 5) is 16.8. The molecule has 4 nitrogen and oxygen atoms in total. The summed E-state index contributed by atoms with van der Waals surface area (Å²) >= 11 is 1.55. The molecule has 0 aliphatic heterocycles. The van der Waals surface area contributed by atoms with E-state index in [9.17, 15) is 4.79 Å². The standard InChI is InChI=1S/C18H19N3OS/c1-11-8-9-14(10-12(11)2)20-17(22)13(3)19-18-21-15-6-4-5-7-16(15)23-18/h4-10,13H,1-3H3,(H,19,21)(H,20,22)/t13-/m1/s1. The fourth-order valence-corrected chi connectivity index (χ4v) is 3.21. The average molecular weight is 325 g/mol. The topological polar surface area (TPSA) is 54.0 Å². The van der Waals surface area contributed by atoms with Crippen LogP contribution in [0.2, 0.25) is 0 Å². The van der Waals surface area contributed by atoms with Gasteiger partial charge in [-0.2, -0.15) is 0 Å². The van der Waals surface area contributed by atoms with Crippen LogP contribution in [0, 0.1) is 13.8 Å². The van der Waals surface area contributed by atoms with Gasteiger partial charge in [-0.05, 0) is 56.2 Å². The van der Waals surface area contributed by atoms with Crippen molar-refractivity contribution in [3.8, 4) is 0 Å². The fourth-order valence-electron chi connectivity index (χ4n) is 2.25. The molecular formula is C18H19N3OS. The summed E-state index contributed by atoms with van der Waals surface area (Å²) in [6.45, 7) is 5.93. The Bertz CT molecular complexity index is 823. The van der Waals surface area contributed by atoms with Crippen molar-refractivity contribution in [1.82, 2.24) is 4.98 Å². The summed E-state index contributed by atoms with van der Waals surface area (Å²) in [6, 6.07) is 13.5. The summed E-state index contributed by atoms with van der Waals surface area (Å²) < 4.78 is 1.11. The second kappa shape index (κ2) is 6.38. The molecule has 0 unspecified atom stereocenters. The molecule has 1 atom stereocenters. The number of thiazole rings is 1. The zero-order valence-electron chi connectivity index (χ0n) is 13.4. The predicted molar refractivity (Wildman–Crippen MR) is 97.3 cm³/mol. The summed E-state index contributed by atoms with van der Waals surface area (Å²) in [5, 5.41) is 6.87. The number of amides is 1. The van der Waals surface area contributed by atoms with Gasteiger partial charge in [0.15, 0.2) is 5.13 Å². The molecule has 3 rings (SSSR count). The quantitative estimate of drug-likeness (QED) is 0.749. The van der Waals surface area contributed by atoms with Crippen LogP contribution < -0.4 is 10.6 Å². The fraction of sp³-hybridized carbons (Fsp3) is 0.222. The van der Waals surface area contributed by atoms with Gasteiger partial charge in [0.05, 0.1) is 10.2 Å². The number of para-hydroxylation sites is 1. The first-order chi connectivity index (χ1) is 11.0. The number of carbonyl (C=O) groups is 1. The zero-order chi connectivity index (χ0) is 16.4. The largest absolute Gasteiger partial charge is 0.350 e. The SMILES string of the molecule is Cc1ccc(NC(=O)[C@@H](C)Nc2nc3ccccc3s2)cc1C. The summed E-state index contributed by atoms with van der Waals surface area (Å²) in [5.74, 6) is -0.0764. The van der Waals surface area contributed by atoms with Crippen molar-refractivity contribution >= 4 is 38.3 Å². The van der Waals surface area contributed by atoms with Crippen LogP contribution in [0.25, 0.3) is 10.2 Å². The van der Waals surface area contributed by atoms with E-state index in [1.807, 2.05) is 56.3 Å². The third-order valence-corrected chi connectivity index (χ3v) is 4.77. The Morgan fingerprint density at radius 1 is 1.13 bits per heavy atom. The summed E-state index contributed by atoms with van der Waals surface area (Å²) in [5.41, 5.74) is 4.14. The van der Waals surface area contributed by atoms with E-state index in [2.05, 4.69) is 22.5 Å². The number of aryl methyl sites for hydroxylation is 2. The number of carbonyl (C=O) groups excluding carboxylic acids is 1. The van der Waals surface area contributed by atoms with Crippen LogP contribution in [-0.4, -0.2) is 16.9 Å². The van der Waals surface area contributed by atoms with E-state index >= 15 is 0 Å². The minimum Gasteiger partial charge on any atom is -0.350 e. The first kappa shape index (κ1) is 15.5. The van der Waals surface area contributed by atoms with Crippen LogP contribution in [0.4, 0.5) is 10.8 Å². The van der Waals surface area contributed by atoms with Crippen LogP contribution in [0.1, 0.15) is 18.1 Å². The van der Waals surface area contributed by atoms with Crippen LogP contribution >= 0.6 is 11.3 Å². The van der Waals surface area contributed by atoms with Crippen molar-refractivity contribution in [2.45, 2.75) is 26.8 Å². The Morgan fingerprint density at radius 2 is 1.91 bits per heavy atom. The monoisotopic (exact) mass is 325 g/mol. The highest BCUT2D eigenvalue weighted by atomic mass is 32.1. The number of hydrogen-bond donors (Lipinski definition) is 2. The molecule has 0 radical (unpaired) electrons. The normalized spacial score (nSPS) is 12.1. The second-order valence-corrected chi connectivity index (χ2v) is 6.67. The molecule has 0 aliphatic carbocycles. The Labute approximate surface area is 139 Å². The lowest BCUT2D eigenvalue weighted by atomic mass is 10.1. The number of rotatable bonds is 4. The lowest BCUT2D eigenvalue weighted by Gasteiger charge is -2.14. The molecule has 3 aromatic rings. The van der Waals surface area contributed by atoms with Gasteiger partial charge in [0.25, 0.3) is 0 Å². The molecule has 0 saturated carbocycles. The van der Waals surface area contributed by atoms with Gasteiger partial charge >= 0.3 is 0 Å². The molecule has 0 saturated heterocycles. The van der Waals surface area contributed by atoms with E-state index in [1.54, 1.807) is 11.3 Å². The maximum absolute atomic E-state index is 12.3. The Balaban J connectivity index is 1.68. The van der Waals surface area contributed by atoms with Gasteiger partial charge in [-0.1, -0.05) is 29.5 Å². The van der Waals surface area contributed by atoms with E-state index in [1.165, 1.54) is 5.56 Å². The lowest BCUT2D eigenvalue weighted by Crippen LogP contribution is -2.31. The second-order valence-electron chi connectivity index (χ2n) is 5.64. The molecule has 2 N–H and O–H groups in total. The third kappa shape index (κ3) is 3.51. The number of nitrogens with zero attached hydrogens (tertiary/aromatic N) is 1. The first-order valence-corrected chi connectivity index (χ1v) is 8.35. The summed E-state index contributed by atoms with van der Waals surface area (Å²) in [7, 11) is 0. The molecule has 118 valence electrons. The molecule has 0 aliphatic rings. The van der Waals surface area contributed by atoms with Gasteiger partial charge in [0, 0.05) is 5.69 Å². The van der Waals surface area contributed by atoms with Crippen molar-refractivity contribution in [1.29, 1.82) is 0 Å². The predicted octanol–water partition coefficient (Wildman–Crippen LogP) is 4.35. The Kier molecular flexibility index (Phi) is 4.30.